The number of nitrogens with zero attached hydrogens (tertiary/aromatic N) is 1. The van der Waals surface area contributed by atoms with Gasteiger partial charge in [-0.25, -0.2) is 0 Å². The second-order valence-corrected chi connectivity index (χ2v) is 7.83. The maximum Gasteiger partial charge on any atom is 0.422 e. The molecule has 1 N–H and O–H groups in total. The maximum atomic E-state index is 12.3. The predicted molar refractivity (Wildman–Crippen MR) is 103 cm³/mol. The zero-order valence-electron chi connectivity index (χ0n) is 17.0. The normalized spacial score (nSPS) is 17.5. The SMILES string of the molecule is COc1cc(CCC(=O)NC2CCN(C(=O)C3CC3)CC2)ccc1OCC(F)(F)F. The van der Waals surface area contributed by atoms with Crippen molar-refractivity contribution in [3.63, 3.8) is 0 Å². The van der Waals surface area contributed by atoms with Crippen molar-refractivity contribution in [3.05, 3.63) is 23.8 Å². The number of piperidine rings is 1. The average Bonchev–Trinajstić information content (AvgIpc) is 3.56. The van der Waals surface area contributed by atoms with Crippen LogP contribution in [0.5, 0.6) is 11.5 Å². The Labute approximate surface area is 173 Å². The number of methoxy groups -OCH3 is 1. The number of halogens is 3. The molecule has 0 radical (unpaired) electrons. The first-order valence-electron chi connectivity index (χ1n) is 10.2. The fourth-order valence-corrected chi connectivity index (χ4v) is 3.54. The Kier molecular flexibility index (Phi) is 7.10. The fraction of sp³-hybridized carbons (Fsp3) is 0.619. The van der Waals surface area contributed by atoms with Gasteiger partial charge in [0.25, 0.3) is 0 Å². The van der Waals surface area contributed by atoms with Crippen LogP contribution < -0.4 is 14.8 Å². The Balaban J connectivity index is 1.42. The number of carbonyl (C=O) groups is 2. The van der Waals surface area contributed by atoms with E-state index in [1.807, 2.05) is 4.90 Å². The first-order chi connectivity index (χ1) is 14.2. The van der Waals surface area contributed by atoms with E-state index < -0.39 is 12.8 Å². The van der Waals surface area contributed by atoms with Gasteiger partial charge in [-0.2, -0.15) is 13.2 Å². The number of hydrogen-bond donors (Lipinski definition) is 1. The number of aryl methyl sites for hydroxylation is 1. The fourth-order valence-electron chi connectivity index (χ4n) is 3.54. The molecule has 6 nitrogen and oxygen atoms in total. The molecule has 1 saturated carbocycles. The van der Waals surface area contributed by atoms with Gasteiger partial charge in [0.05, 0.1) is 7.11 Å². The van der Waals surface area contributed by atoms with E-state index in [-0.39, 0.29) is 41.7 Å². The molecule has 3 rings (SSSR count). The van der Waals surface area contributed by atoms with Gasteiger partial charge in [0, 0.05) is 31.5 Å². The molecule has 1 saturated heterocycles. The molecule has 2 fully saturated rings. The monoisotopic (exact) mass is 428 g/mol. The highest BCUT2D eigenvalue weighted by Gasteiger charge is 2.35. The van der Waals surface area contributed by atoms with Crippen molar-refractivity contribution in [2.75, 3.05) is 26.8 Å². The summed E-state index contributed by atoms with van der Waals surface area (Å²) < 4.78 is 46.8. The van der Waals surface area contributed by atoms with Gasteiger partial charge in [-0.15, -0.1) is 0 Å². The van der Waals surface area contributed by atoms with Gasteiger partial charge in [0.15, 0.2) is 18.1 Å². The van der Waals surface area contributed by atoms with Gasteiger partial charge in [-0.3, -0.25) is 9.59 Å². The minimum Gasteiger partial charge on any atom is -0.493 e. The van der Waals surface area contributed by atoms with Crippen molar-refractivity contribution in [2.45, 2.75) is 50.7 Å². The number of nitrogens with one attached hydrogen (secondary N) is 1. The zero-order chi connectivity index (χ0) is 21.7. The summed E-state index contributed by atoms with van der Waals surface area (Å²) in [6.45, 7) is -0.0378. The van der Waals surface area contributed by atoms with Crippen molar-refractivity contribution in [2.24, 2.45) is 5.92 Å². The lowest BCUT2D eigenvalue weighted by Crippen LogP contribution is -2.47. The average molecular weight is 428 g/mol. The molecule has 1 aromatic carbocycles. The molecule has 0 atom stereocenters. The van der Waals surface area contributed by atoms with Crippen molar-refractivity contribution < 1.29 is 32.2 Å². The number of likely N-dealkylation sites (tertiary alicyclic amines) is 1. The van der Waals surface area contributed by atoms with Crippen LogP contribution in [0.2, 0.25) is 0 Å². The van der Waals surface area contributed by atoms with E-state index in [0.717, 1.165) is 31.2 Å². The number of ether oxygens (including phenoxy) is 2. The molecule has 0 unspecified atom stereocenters. The van der Waals surface area contributed by atoms with Crippen molar-refractivity contribution in [1.82, 2.24) is 10.2 Å². The van der Waals surface area contributed by atoms with E-state index >= 15 is 0 Å². The molecular formula is C21H27F3N2O4. The number of benzene rings is 1. The number of alkyl halides is 3. The molecule has 2 aliphatic rings. The second kappa shape index (κ2) is 9.57. The third-order valence-electron chi connectivity index (χ3n) is 5.36. The van der Waals surface area contributed by atoms with E-state index in [1.54, 1.807) is 12.1 Å². The molecule has 1 aromatic rings. The minimum atomic E-state index is -4.43. The summed E-state index contributed by atoms with van der Waals surface area (Å²) in [5, 5.41) is 3.01. The lowest BCUT2D eigenvalue weighted by molar-refractivity contribution is -0.153. The third kappa shape index (κ3) is 6.53. The zero-order valence-corrected chi connectivity index (χ0v) is 17.0. The van der Waals surface area contributed by atoms with Crippen LogP contribution >= 0.6 is 0 Å². The van der Waals surface area contributed by atoms with E-state index in [9.17, 15) is 22.8 Å². The van der Waals surface area contributed by atoms with E-state index in [4.69, 9.17) is 9.47 Å². The Hall–Kier alpha value is -2.45. The van der Waals surface area contributed by atoms with Crippen LogP contribution in [0.3, 0.4) is 0 Å². The van der Waals surface area contributed by atoms with Gasteiger partial charge in [0.2, 0.25) is 11.8 Å². The van der Waals surface area contributed by atoms with Crippen molar-refractivity contribution >= 4 is 11.8 Å². The summed E-state index contributed by atoms with van der Waals surface area (Å²) in [6, 6.07) is 4.70. The van der Waals surface area contributed by atoms with Gasteiger partial charge in [0.1, 0.15) is 0 Å². The number of rotatable bonds is 8. The predicted octanol–water partition coefficient (Wildman–Crippen LogP) is 3.09. The molecule has 1 aliphatic heterocycles. The molecule has 0 aromatic heterocycles. The second-order valence-electron chi connectivity index (χ2n) is 7.83. The van der Waals surface area contributed by atoms with Crippen LogP contribution in [-0.4, -0.2) is 55.7 Å². The van der Waals surface area contributed by atoms with E-state index in [1.165, 1.54) is 13.2 Å². The molecule has 166 valence electrons. The highest BCUT2D eigenvalue weighted by Crippen LogP contribution is 2.32. The quantitative estimate of drug-likeness (QED) is 0.691. The first-order valence-corrected chi connectivity index (χ1v) is 10.2. The highest BCUT2D eigenvalue weighted by atomic mass is 19.4. The van der Waals surface area contributed by atoms with Crippen molar-refractivity contribution in [3.8, 4) is 11.5 Å². The molecule has 30 heavy (non-hydrogen) atoms. The molecule has 0 spiro atoms. The van der Waals surface area contributed by atoms with Gasteiger partial charge < -0.3 is 19.7 Å². The molecule has 0 bridgehead atoms. The largest absolute Gasteiger partial charge is 0.493 e. The Morgan fingerprint density at radius 1 is 1.13 bits per heavy atom. The summed E-state index contributed by atoms with van der Waals surface area (Å²) in [6.07, 6.45) is -0.241. The van der Waals surface area contributed by atoms with Crippen LogP contribution in [0.25, 0.3) is 0 Å². The number of hydrogen-bond acceptors (Lipinski definition) is 4. The van der Waals surface area contributed by atoms with Crippen molar-refractivity contribution in [1.29, 1.82) is 0 Å². The first kappa shape index (κ1) is 22.2. The van der Waals surface area contributed by atoms with Gasteiger partial charge >= 0.3 is 6.18 Å². The Bertz CT molecular complexity index is 757. The molecule has 1 aliphatic carbocycles. The summed E-state index contributed by atoms with van der Waals surface area (Å²) >= 11 is 0. The molecule has 1 heterocycles. The van der Waals surface area contributed by atoms with Crippen LogP contribution in [0, 0.1) is 5.92 Å². The van der Waals surface area contributed by atoms with Crippen LogP contribution in [-0.2, 0) is 16.0 Å². The summed E-state index contributed by atoms with van der Waals surface area (Å²) in [7, 11) is 1.35. The summed E-state index contributed by atoms with van der Waals surface area (Å²) in [5.41, 5.74) is 0.770. The van der Waals surface area contributed by atoms with Crippen LogP contribution in [0.15, 0.2) is 18.2 Å². The van der Waals surface area contributed by atoms with Crippen LogP contribution in [0.4, 0.5) is 13.2 Å². The third-order valence-corrected chi connectivity index (χ3v) is 5.36. The van der Waals surface area contributed by atoms with E-state index in [0.29, 0.717) is 19.5 Å². The molecule has 9 heteroatoms. The lowest BCUT2D eigenvalue weighted by Gasteiger charge is -2.32. The summed E-state index contributed by atoms with van der Waals surface area (Å²) in [4.78, 5) is 26.3. The Morgan fingerprint density at radius 3 is 2.43 bits per heavy atom. The maximum absolute atomic E-state index is 12.3. The molecule has 2 amide bonds. The van der Waals surface area contributed by atoms with Gasteiger partial charge in [-0.1, -0.05) is 6.07 Å². The number of carbonyl (C=O) groups excluding carboxylic acids is 2. The summed E-state index contributed by atoms with van der Waals surface area (Å²) in [5.74, 6) is 0.591. The lowest BCUT2D eigenvalue weighted by atomic mass is 10.0. The smallest absolute Gasteiger partial charge is 0.422 e. The Morgan fingerprint density at radius 2 is 1.83 bits per heavy atom. The minimum absolute atomic E-state index is 0.00975. The van der Waals surface area contributed by atoms with E-state index in [2.05, 4.69) is 5.32 Å². The molecular weight excluding hydrogens is 401 g/mol. The highest BCUT2D eigenvalue weighted by molar-refractivity contribution is 5.81. The number of amides is 2. The standard InChI is InChI=1S/C21H27F3N2O4/c1-29-18-12-14(2-6-17(18)30-13-21(22,23)24)3-7-19(27)25-16-8-10-26(11-9-16)20(28)15-4-5-15/h2,6,12,15-16H,3-5,7-11,13H2,1H3,(H,25,27). The topological polar surface area (TPSA) is 67.9 Å². The van der Waals surface area contributed by atoms with Crippen LogP contribution in [0.1, 0.15) is 37.7 Å². The van der Waals surface area contributed by atoms with Gasteiger partial charge in [-0.05, 0) is 49.8 Å².